The van der Waals surface area contributed by atoms with Crippen molar-refractivity contribution in [2.75, 3.05) is 0 Å². The summed E-state index contributed by atoms with van der Waals surface area (Å²) in [5.41, 5.74) is 5.47. The summed E-state index contributed by atoms with van der Waals surface area (Å²) in [5.74, 6) is 0.378. The molecule has 0 radical (unpaired) electrons. The molecule has 0 aliphatic heterocycles. The molecule has 0 aromatic carbocycles. The molecule has 0 aromatic rings. The van der Waals surface area contributed by atoms with E-state index >= 15 is 0 Å². The van der Waals surface area contributed by atoms with Gasteiger partial charge in [-0.15, -0.1) is 0 Å². The van der Waals surface area contributed by atoms with Gasteiger partial charge in [-0.1, -0.05) is 39.5 Å². The van der Waals surface area contributed by atoms with Gasteiger partial charge in [0.15, 0.2) is 0 Å². The molecule has 0 amide bonds. The molecule has 1 aliphatic carbocycles. The van der Waals surface area contributed by atoms with Crippen LogP contribution in [0.25, 0.3) is 0 Å². The number of hydrogen-bond donors (Lipinski definition) is 2. The summed E-state index contributed by atoms with van der Waals surface area (Å²) in [4.78, 5) is 0. The summed E-state index contributed by atoms with van der Waals surface area (Å²) in [6, 6.07) is -0.0504. The van der Waals surface area contributed by atoms with E-state index in [9.17, 15) is 5.11 Å². The highest BCUT2D eigenvalue weighted by Crippen LogP contribution is 2.31. The molecule has 0 spiro atoms. The smallest absolute Gasteiger partial charge is 0.0800 e. The first-order valence-electron chi connectivity index (χ1n) is 5.54. The van der Waals surface area contributed by atoms with E-state index in [-0.39, 0.29) is 6.04 Å². The lowest BCUT2D eigenvalue weighted by Crippen LogP contribution is -2.50. The van der Waals surface area contributed by atoms with Crippen LogP contribution in [0.1, 0.15) is 52.4 Å². The van der Waals surface area contributed by atoms with Crippen LogP contribution in [0.15, 0.2) is 0 Å². The monoisotopic (exact) mass is 185 g/mol. The lowest BCUT2D eigenvalue weighted by atomic mass is 9.81. The minimum Gasteiger partial charge on any atom is -0.388 e. The molecule has 1 atom stereocenters. The van der Waals surface area contributed by atoms with Gasteiger partial charge in [0.1, 0.15) is 0 Å². The van der Waals surface area contributed by atoms with Crippen LogP contribution in [0.5, 0.6) is 0 Å². The van der Waals surface area contributed by atoms with Crippen molar-refractivity contribution in [1.82, 2.24) is 0 Å². The third-order valence-electron chi connectivity index (χ3n) is 3.31. The van der Waals surface area contributed by atoms with Crippen molar-refractivity contribution in [2.24, 2.45) is 11.7 Å². The van der Waals surface area contributed by atoms with Crippen LogP contribution in [0.4, 0.5) is 0 Å². The zero-order valence-electron chi connectivity index (χ0n) is 8.92. The minimum atomic E-state index is -0.579. The largest absolute Gasteiger partial charge is 0.388 e. The molecule has 2 heteroatoms. The maximum atomic E-state index is 10.4. The third kappa shape index (κ3) is 2.68. The topological polar surface area (TPSA) is 46.2 Å². The van der Waals surface area contributed by atoms with Gasteiger partial charge in [-0.3, -0.25) is 0 Å². The van der Waals surface area contributed by atoms with Crippen LogP contribution in [0, 0.1) is 5.92 Å². The molecule has 0 unspecified atom stereocenters. The van der Waals surface area contributed by atoms with Gasteiger partial charge in [0, 0.05) is 6.04 Å². The first kappa shape index (κ1) is 11.0. The highest BCUT2D eigenvalue weighted by atomic mass is 16.3. The van der Waals surface area contributed by atoms with Crippen LogP contribution in [0.3, 0.4) is 0 Å². The number of rotatable bonds is 2. The van der Waals surface area contributed by atoms with Gasteiger partial charge >= 0.3 is 0 Å². The summed E-state index contributed by atoms with van der Waals surface area (Å²) in [6.07, 6.45) is 6.58. The Morgan fingerprint density at radius 2 is 1.54 bits per heavy atom. The van der Waals surface area contributed by atoms with Crippen molar-refractivity contribution < 1.29 is 5.11 Å². The van der Waals surface area contributed by atoms with Crippen molar-refractivity contribution in [1.29, 1.82) is 0 Å². The maximum absolute atomic E-state index is 10.4. The second-order valence-electron chi connectivity index (χ2n) is 4.79. The molecule has 1 saturated carbocycles. The molecule has 0 bridgehead atoms. The Morgan fingerprint density at radius 3 is 1.92 bits per heavy atom. The van der Waals surface area contributed by atoms with Crippen LogP contribution in [-0.2, 0) is 0 Å². The van der Waals surface area contributed by atoms with Crippen LogP contribution >= 0.6 is 0 Å². The Kier molecular flexibility index (Phi) is 3.74. The normalized spacial score (nSPS) is 25.6. The molecule has 1 rings (SSSR count). The molecule has 1 fully saturated rings. The summed E-state index contributed by atoms with van der Waals surface area (Å²) in [6.45, 7) is 4.18. The van der Waals surface area contributed by atoms with E-state index in [1.165, 1.54) is 12.8 Å². The minimum absolute atomic E-state index is 0.0504. The molecule has 0 heterocycles. The Hall–Kier alpha value is -0.0800. The summed E-state index contributed by atoms with van der Waals surface area (Å²) >= 11 is 0. The molecule has 13 heavy (non-hydrogen) atoms. The lowest BCUT2D eigenvalue weighted by Gasteiger charge is -2.35. The third-order valence-corrected chi connectivity index (χ3v) is 3.31. The number of aliphatic hydroxyl groups is 1. The standard InChI is InChI=1S/C11H23NO/c1-9(2)10(12)11(13)7-5-3-4-6-8-11/h9-10,13H,3-8,12H2,1-2H3/t10-/m1/s1. The lowest BCUT2D eigenvalue weighted by molar-refractivity contribution is -0.0137. The predicted molar refractivity (Wildman–Crippen MR) is 55.5 cm³/mol. The Bertz CT molecular complexity index is 148. The van der Waals surface area contributed by atoms with Gasteiger partial charge in [0.2, 0.25) is 0 Å². The van der Waals surface area contributed by atoms with E-state index in [4.69, 9.17) is 5.73 Å². The van der Waals surface area contributed by atoms with Gasteiger partial charge in [0.25, 0.3) is 0 Å². The molecule has 0 aromatic heterocycles. The van der Waals surface area contributed by atoms with E-state index in [1.807, 2.05) is 0 Å². The fourth-order valence-corrected chi connectivity index (χ4v) is 2.29. The van der Waals surface area contributed by atoms with Gasteiger partial charge in [0.05, 0.1) is 5.60 Å². The fourth-order valence-electron chi connectivity index (χ4n) is 2.29. The van der Waals surface area contributed by atoms with E-state index < -0.39 is 5.60 Å². The molecule has 3 N–H and O–H groups in total. The zero-order valence-corrected chi connectivity index (χ0v) is 8.92. The van der Waals surface area contributed by atoms with Crippen LogP contribution in [-0.4, -0.2) is 16.7 Å². The molecule has 2 nitrogen and oxygen atoms in total. The number of hydrogen-bond acceptors (Lipinski definition) is 2. The summed E-state index contributed by atoms with van der Waals surface area (Å²) in [7, 11) is 0. The molecule has 78 valence electrons. The van der Waals surface area contributed by atoms with Crippen LogP contribution in [0.2, 0.25) is 0 Å². The van der Waals surface area contributed by atoms with Gasteiger partial charge in [-0.25, -0.2) is 0 Å². The van der Waals surface area contributed by atoms with Gasteiger partial charge in [-0.05, 0) is 18.8 Å². The molecule has 0 saturated heterocycles. The van der Waals surface area contributed by atoms with Crippen molar-refractivity contribution in [3.05, 3.63) is 0 Å². The van der Waals surface area contributed by atoms with Crippen molar-refractivity contribution in [3.8, 4) is 0 Å². The summed E-state index contributed by atoms with van der Waals surface area (Å²) < 4.78 is 0. The molecular weight excluding hydrogens is 162 g/mol. The van der Waals surface area contributed by atoms with Gasteiger partial charge in [-0.2, -0.15) is 0 Å². The first-order chi connectivity index (χ1) is 6.06. The molecular formula is C11H23NO. The number of nitrogens with two attached hydrogens (primary N) is 1. The van der Waals surface area contributed by atoms with E-state index in [0.717, 1.165) is 25.7 Å². The summed E-state index contributed by atoms with van der Waals surface area (Å²) in [5, 5.41) is 10.4. The predicted octanol–water partition coefficient (Wildman–Crippen LogP) is 2.05. The van der Waals surface area contributed by atoms with Crippen molar-refractivity contribution in [2.45, 2.75) is 64.0 Å². The van der Waals surface area contributed by atoms with E-state index in [1.54, 1.807) is 0 Å². The quantitative estimate of drug-likeness (QED) is 0.647. The first-order valence-corrected chi connectivity index (χ1v) is 5.54. The van der Waals surface area contributed by atoms with Crippen molar-refractivity contribution in [3.63, 3.8) is 0 Å². The SMILES string of the molecule is CC(C)[C@@H](N)C1(O)CCCCCC1. The van der Waals surface area contributed by atoms with Gasteiger partial charge < -0.3 is 10.8 Å². The second kappa shape index (κ2) is 4.43. The highest BCUT2D eigenvalue weighted by molar-refractivity contribution is 4.92. The average Bonchev–Trinajstić information content (AvgIpc) is 2.29. The highest BCUT2D eigenvalue weighted by Gasteiger charge is 2.35. The Morgan fingerprint density at radius 1 is 1.08 bits per heavy atom. The Balaban J connectivity index is 2.60. The molecule has 1 aliphatic rings. The second-order valence-corrected chi connectivity index (χ2v) is 4.79. The van der Waals surface area contributed by atoms with E-state index in [0.29, 0.717) is 5.92 Å². The zero-order chi connectivity index (χ0) is 9.90. The Labute approximate surface area is 81.5 Å². The van der Waals surface area contributed by atoms with Crippen LogP contribution < -0.4 is 5.73 Å². The fraction of sp³-hybridized carbons (Fsp3) is 1.00. The van der Waals surface area contributed by atoms with E-state index in [2.05, 4.69) is 13.8 Å². The average molecular weight is 185 g/mol. The van der Waals surface area contributed by atoms with Crippen molar-refractivity contribution >= 4 is 0 Å². The maximum Gasteiger partial charge on any atom is 0.0800 e.